The number of nitrogens with zero attached hydrogens (tertiary/aromatic N) is 1. The fourth-order valence-electron chi connectivity index (χ4n) is 3.10. The van der Waals surface area contributed by atoms with Crippen LogP contribution in [0.25, 0.3) is 0 Å². The number of fused-ring (bicyclic) bond motifs is 1. The lowest BCUT2D eigenvalue weighted by Crippen LogP contribution is -2.49. The van der Waals surface area contributed by atoms with E-state index >= 15 is 4.39 Å². The van der Waals surface area contributed by atoms with Crippen LogP contribution in [-0.2, 0) is 22.6 Å². The van der Waals surface area contributed by atoms with Gasteiger partial charge < -0.3 is 15.5 Å². The number of nitrogens with one attached hydrogen (secondary N) is 1. The summed E-state index contributed by atoms with van der Waals surface area (Å²) in [6.07, 6.45) is 0.844. The third kappa shape index (κ3) is 3.18. The standard InChI is InChI=1S/C18H17ClF2N2O3/c19-12-4-3-11(14(20)8-12)9-23-16(25)18(21)6-5-17(26,10-24)15-13(18)2-1-7-22-15/h1-4,7-8,24,26H,5-6,9-10H2,(H,23,25)/t17-,18-/m0/s1. The Morgan fingerprint density at radius 3 is 2.81 bits per heavy atom. The van der Waals surface area contributed by atoms with Gasteiger partial charge in [0.15, 0.2) is 0 Å². The molecular formula is C18H17ClF2N2O3. The highest BCUT2D eigenvalue weighted by Crippen LogP contribution is 2.45. The second-order valence-electron chi connectivity index (χ2n) is 6.31. The maximum absolute atomic E-state index is 15.5. The molecule has 0 aliphatic heterocycles. The third-order valence-corrected chi connectivity index (χ3v) is 4.87. The monoisotopic (exact) mass is 382 g/mol. The molecule has 26 heavy (non-hydrogen) atoms. The first-order valence-electron chi connectivity index (χ1n) is 8.00. The summed E-state index contributed by atoms with van der Waals surface area (Å²) >= 11 is 5.68. The molecule has 0 fully saturated rings. The van der Waals surface area contributed by atoms with Crippen LogP contribution in [0.1, 0.15) is 29.7 Å². The van der Waals surface area contributed by atoms with Gasteiger partial charge in [0.05, 0.1) is 12.3 Å². The molecule has 5 nitrogen and oxygen atoms in total. The third-order valence-electron chi connectivity index (χ3n) is 4.63. The smallest absolute Gasteiger partial charge is 0.262 e. The lowest BCUT2D eigenvalue weighted by molar-refractivity contribution is -0.138. The van der Waals surface area contributed by atoms with E-state index < -0.39 is 29.6 Å². The van der Waals surface area contributed by atoms with Crippen molar-refractivity contribution in [3.8, 4) is 0 Å². The molecular weight excluding hydrogens is 366 g/mol. The van der Waals surface area contributed by atoms with Crippen LogP contribution in [0.3, 0.4) is 0 Å². The molecule has 0 bridgehead atoms. The average Bonchev–Trinajstić information content (AvgIpc) is 2.64. The van der Waals surface area contributed by atoms with Gasteiger partial charge >= 0.3 is 0 Å². The molecule has 1 amide bonds. The molecule has 8 heteroatoms. The summed E-state index contributed by atoms with van der Waals surface area (Å²) < 4.78 is 29.4. The SMILES string of the molecule is O=C(NCc1ccc(Cl)cc1F)[C@]1(F)CC[C@](O)(CO)c2ncccc21. The van der Waals surface area contributed by atoms with Gasteiger partial charge in [0.2, 0.25) is 5.67 Å². The molecule has 2 aromatic rings. The number of halogens is 3. The number of aromatic nitrogens is 1. The van der Waals surface area contributed by atoms with Gasteiger partial charge in [-0.2, -0.15) is 0 Å². The first-order chi connectivity index (χ1) is 12.3. The molecule has 0 spiro atoms. The van der Waals surface area contributed by atoms with Crippen LogP contribution in [0.4, 0.5) is 8.78 Å². The van der Waals surface area contributed by atoms with Crippen molar-refractivity contribution in [1.29, 1.82) is 0 Å². The molecule has 1 aliphatic rings. The van der Waals surface area contributed by atoms with E-state index in [4.69, 9.17) is 11.6 Å². The first-order valence-corrected chi connectivity index (χ1v) is 8.38. The van der Waals surface area contributed by atoms with Crippen molar-refractivity contribution in [3.63, 3.8) is 0 Å². The molecule has 3 N–H and O–H groups in total. The molecule has 1 aliphatic carbocycles. The van der Waals surface area contributed by atoms with Gasteiger partial charge in [0, 0.05) is 28.9 Å². The number of pyridine rings is 1. The number of rotatable bonds is 4. The number of hydrogen-bond donors (Lipinski definition) is 3. The van der Waals surface area contributed by atoms with Crippen molar-refractivity contribution in [1.82, 2.24) is 10.3 Å². The van der Waals surface area contributed by atoms with E-state index in [1.165, 1.54) is 30.5 Å². The minimum atomic E-state index is -2.44. The number of aliphatic hydroxyl groups is 2. The lowest BCUT2D eigenvalue weighted by Gasteiger charge is -2.38. The predicted molar refractivity (Wildman–Crippen MR) is 90.5 cm³/mol. The van der Waals surface area contributed by atoms with Crippen LogP contribution < -0.4 is 5.32 Å². The van der Waals surface area contributed by atoms with Gasteiger partial charge in [-0.1, -0.05) is 23.7 Å². The van der Waals surface area contributed by atoms with Crippen LogP contribution in [0.5, 0.6) is 0 Å². The average molecular weight is 383 g/mol. The number of carbonyl (C=O) groups is 1. The molecule has 0 saturated heterocycles. The van der Waals surface area contributed by atoms with E-state index in [0.717, 1.165) is 6.07 Å². The summed E-state index contributed by atoms with van der Waals surface area (Å²) in [5, 5.41) is 22.5. The Bertz CT molecular complexity index is 851. The van der Waals surface area contributed by atoms with Crippen LogP contribution in [0.15, 0.2) is 36.5 Å². The zero-order chi connectivity index (χ0) is 18.9. The minimum Gasteiger partial charge on any atom is -0.393 e. The van der Waals surface area contributed by atoms with Crippen molar-refractivity contribution in [2.75, 3.05) is 6.61 Å². The van der Waals surface area contributed by atoms with E-state index in [9.17, 15) is 19.4 Å². The number of alkyl halides is 1. The summed E-state index contributed by atoms with van der Waals surface area (Å²) in [5.41, 5.74) is -4.13. The molecule has 0 unspecified atom stereocenters. The summed E-state index contributed by atoms with van der Waals surface area (Å²) in [6, 6.07) is 6.78. The summed E-state index contributed by atoms with van der Waals surface area (Å²) in [7, 11) is 0. The Balaban J connectivity index is 1.85. The largest absolute Gasteiger partial charge is 0.393 e. The fourth-order valence-corrected chi connectivity index (χ4v) is 3.26. The summed E-state index contributed by atoms with van der Waals surface area (Å²) in [5.74, 6) is -1.56. The van der Waals surface area contributed by atoms with E-state index in [-0.39, 0.29) is 41.2 Å². The van der Waals surface area contributed by atoms with Gasteiger partial charge in [-0.05, 0) is 31.0 Å². The normalized spacial score (nSPS) is 24.8. The number of hydrogen-bond acceptors (Lipinski definition) is 4. The van der Waals surface area contributed by atoms with E-state index in [0.29, 0.717) is 0 Å². The molecule has 0 radical (unpaired) electrons. The van der Waals surface area contributed by atoms with Crippen molar-refractivity contribution >= 4 is 17.5 Å². The minimum absolute atomic E-state index is 0.0657. The summed E-state index contributed by atoms with van der Waals surface area (Å²) in [4.78, 5) is 16.5. The van der Waals surface area contributed by atoms with Gasteiger partial charge in [-0.15, -0.1) is 0 Å². The van der Waals surface area contributed by atoms with Crippen molar-refractivity contribution < 1.29 is 23.8 Å². The molecule has 1 aromatic heterocycles. The Hall–Kier alpha value is -2.09. The zero-order valence-electron chi connectivity index (χ0n) is 13.7. The lowest BCUT2D eigenvalue weighted by atomic mass is 9.74. The fraction of sp³-hybridized carbons (Fsp3) is 0.333. The summed E-state index contributed by atoms with van der Waals surface area (Å²) in [6.45, 7) is -0.849. The Labute approximate surface area is 153 Å². The number of amides is 1. The topological polar surface area (TPSA) is 82.5 Å². The van der Waals surface area contributed by atoms with Crippen molar-refractivity contribution in [2.24, 2.45) is 0 Å². The highest BCUT2D eigenvalue weighted by Gasteiger charge is 2.51. The van der Waals surface area contributed by atoms with Crippen LogP contribution in [-0.4, -0.2) is 27.7 Å². The second-order valence-corrected chi connectivity index (χ2v) is 6.75. The highest BCUT2D eigenvalue weighted by atomic mass is 35.5. The molecule has 3 rings (SSSR count). The van der Waals surface area contributed by atoms with Gasteiger partial charge in [0.25, 0.3) is 5.91 Å². The molecule has 2 atom stereocenters. The van der Waals surface area contributed by atoms with Crippen LogP contribution >= 0.6 is 11.6 Å². The molecule has 1 aromatic carbocycles. The van der Waals surface area contributed by atoms with E-state index in [1.807, 2.05) is 0 Å². The first kappa shape index (κ1) is 18.7. The van der Waals surface area contributed by atoms with Gasteiger partial charge in [-0.25, -0.2) is 8.78 Å². The van der Waals surface area contributed by atoms with Crippen LogP contribution in [0, 0.1) is 5.82 Å². The van der Waals surface area contributed by atoms with Crippen molar-refractivity contribution in [2.45, 2.75) is 30.7 Å². The maximum Gasteiger partial charge on any atom is 0.262 e. The zero-order valence-corrected chi connectivity index (χ0v) is 14.4. The van der Waals surface area contributed by atoms with E-state index in [1.54, 1.807) is 0 Å². The van der Waals surface area contributed by atoms with E-state index in [2.05, 4.69) is 10.3 Å². The van der Waals surface area contributed by atoms with Gasteiger partial charge in [0.1, 0.15) is 11.4 Å². The van der Waals surface area contributed by atoms with Gasteiger partial charge in [-0.3, -0.25) is 9.78 Å². The number of carbonyl (C=O) groups excluding carboxylic acids is 1. The maximum atomic E-state index is 15.5. The Morgan fingerprint density at radius 1 is 1.35 bits per heavy atom. The molecule has 0 saturated carbocycles. The Morgan fingerprint density at radius 2 is 2.12 bits per heavy atom. The molecule has 1 heterocycles. The molecule has 138 valence electrons. The van der Waals surface area contributed by atoms with Crippen molar-refractivity contribution in [3.05, 3.63) is 64.2 Å². The quantitative estimate of drug-likeness (QED) is 0.758. The number of aliphatic hydroxyl groups excluding tert-OH is 1. The number of benzene rings is 1. The predicted octanol–water partition coefficient (Wildman–Crippen LogP) is 2.33. The highest BCUT2D eigenvalue weighted by molar-refractivity contribution is 6.30. The Kier molecular flexibility index (Phi) is 4.96. The van der Waals surface area contributed by atoms with Crippen LogP contribution in [0.2, 0.25) is 5.02 Å². The second kappa shape index (κ2) is 6.90.